The summed E-state index contributed by atoms with van der Waals surface area (Å²) >= 11 is 6.10. The number of aliphatic hydroxyl groups excluding tert-OH is 1. The zero-order valence-corrected chi connectivity index (χ0v) is 18.2. The van der Waals surface area contributed by atoms with Gasteiger partial charge in [-0.15, -0.1) is 0 Å². The monoisotopic (exact) mass is 490 g/mol. The fourth-order valence-corrected chi connectivity index (χ4v) is 3.56. The molecule has 2 aromatic carbocycles. The molecule has 2 aromatic heterocycles. The molecule has 12 heteroatoms. The van der Waals surface area contributed by atoms with E-state index >= 15 is 0 Å². The minimum absolute atomic E-state index is 0.0158. The Morgan fingerprint density at radius 3 is 2.71 bits per heavy atom. The van der Waals surface area contributed by atoms with Gasteiger partial charge in [-0.05, 0) is 29.8 Å². The van der Waals surface area contributed by atoms with Gasteiger partial charge in [-0.1, -0.05) is 17.7 Å². The number of benzene rings is 2. The third-order valence-electron chi connectivity index (χ3n) is 5.01. The normalized spacial score (nSPS) is 11.2. The van der Waals surface area contributed by atoms with Crippen LogP contribution in [0, 0.1) is 11.6 Å². The van der Waals surface area contributed by atoms with E-state index < -0.39 is 35.4 Å². The first-order valence-electron chi connectivity index (χ1n) is 9.98. The predicted molar refractivity (Wildman–Crippen MR) is 118 cm³/mol. The lowest BCUT2D eigenvalue weighted by Crippen LogP contribution is -2.25. The molecule has 0 amide bonds. The summed E-state index contributed by atoms with van der Waals surface area (Å²) in [6.45, 7) is -0.701. The fourth-order valence-electron chi connectivity index (χ4n) is 3.35. The number of carbonyl (C=O) groups is 1. The molecule has 0 aliphatic rings. The molecule has 0 fully saturated rings. The Hall–Kier alpha value is -3.83. The average Bonchev–Trinajstić information content (AvgIpc) is 3.12. The SMILES string of the molecule is O=C(CCO)n1c(=O)[nH]c2ccc(Cn3cnc(OCc4ccc(F)cc4F)c(Cl)c3=O)cc21. The number of H-pyrrole nitrogens is 1. The van der Waals surface area contributed by atoms with Crippen molar-refractivity contribution in [3.63, 3.8) is 0 Å². The minimum atomic E-state index is -0.805. The van der Waals surface area contributed by atoms with Crippen LogP contribution in [0.5, 0.6) is 5.88 Å². The van der Waals surface area contributed by atoms with Crippen molar-refractivity contribution in [2.75, 3.05) is 6.61 Å². The number of hydrogen-bond acceptors (Lipinski definition) is 6. The topological polar surface area (TPSA) is 119 Å². The van der Waals surface area contributed by atoms with Crippen molar-refractivity contribution in [1.29, 1.82) is 0 Å². The molecule has 0 aliphatic carbocycles. The van der Waals surface area contributed by atoms with Crippen LogP contribution in [0.1, 0.15) is 22.3 Å². The van der Waals surface area contributed by atoms with Gasteiger partial charge in [-0.3, -0.25) is 14.2 Å². The molecule has 2 N–H and O–H groups in total. The van der Waals surface area contributed by atoms with Gasteiger partial charge in [0.1, 0.15) is 24.6 Å². The Kier molecular flexibility index (Phi) is 6.57. The van der Waals surface area contributed by atoms with E-state index in [1.54, 1.807) is 18.2 Å². The van der Waals surface area contributed by atoms with Gasteiger partial charge in [0.25, 0.3) is 5.56 Å². The molecular weight excluding hydrogens is 474 g/mol. The third-order valence-corrected chi connectivity index (χ3v) is 5.33. The van der Waals surface area contributed by atoms with Crippen LogP contribution in [0.2, 0.25) is 5.02 Å². The van der Waals surface area contributed by atoms with Crippen LogP contribution in [0.3, 0.4) is 0 Å². The third kappa shape index (κ3) is 4.61. The quantitative estimate of drug-likeness (QED) is 0.411. The number of aromatic amines is 1. The number of nitrogens with zero attached hydrogens (tertiary/aromatic N) is 3. The van der Waals surface area contributed by atoms with Gasteiger partial charge in [0.15, 0.2) is 5.02 Å². The second kappa shape index (κ2) is 9.57. The summed E-state index contributed by atoms with van der Waals surface area (Å²) in [6, 6.07) is 7.80. The zero-order valence-electron chi connectivity index (χ0n) is 17.4. The number of rotatable bonds is 7. The van der Waals surface area contributed by atoms with Crippen molar-refractivity contribution in [3.8, 4) is 5.88 Å². The molecule has 0 unspecified atom stereocenters. The number of ether oxygens (including phenoxy) is 1. The Morgan fingerprint density at radius 1 is 1.18 bits per heavy atom. The Morgan fingerprint density at radius 2 is 1.97 bits per heavy atom. The average molecular weight is 491 g/mol. The molecule has 0 saturated heterocycles. The molecule has 176 valence electrons. The maximum absolute atomic E-state index is 13.8. The summed E-state index contributed by atoms with van der Waals surface area (Å²) in [7, 11) is 0. The van der Waals surface area contributed by atoms with Gasteiger partial charge in [0.2, 0.25) is 11.8 Å². The molecule has 0 atom stereocenters. The number of hydrogen-bond donors (Lipinski definition) is 2. The van der Waals surface area contributed by atoms with Crippen LogP contribution >= 0.6 is 11.6 Å². The number of halogens is 3. The van der Waals surface area contributed by atoms with Crippen molar-refractivity contribution >= 4 is 28.5 Å². The minimum Gasteiger partial charge on any atom is -0.471 e. The summed E-state index contributed by atoms with van der Waals surface area (Å²) in [5.74, 6) is -2.32. The van der Waals surface area contributed by atoms with E-state index in [9.17, 15) is 23.2 Å². The second-order valence-corrected chi connectivity index (χ2v) is 7.68. The Bertz CT molecular complexity index is 1510. The predicted octanol–water partition coefficient (Wildman–Crippen LogP) is 2.47. The molecule has 2 heterocycles. The van der Waals surface area contributed by atoms with Crippen LogP contribution in [-0.4, -0.2) is 36.7 Å². The summed E-state index contributed by atoms with van der Waals surface area (Å²) in [5.41, 5.74) is 0.0829. The number of aromatic nitrogens is 4. The van der Waals surface area contributed by atoms with E-state index in [0.717, 1.165) is 10.6 Å². The van der Waals surface area contributed by atoms with Gasteiger partial charge < -0.3 is 14.8 Å². The van der Waals surface area contributed by atoms with Gasteiger partial charge in [-0.2, -0.15) is 0 Å². The van der Waals surface area contributed by atoms with Crippen molar-refractivity contribution in [1.82, 2.24) is 19.1 Å². The van der Waals surface area contributed by atoms with Crippen LogP contribution < -0.4 is 16.0 Å². The molecule has 0 radical (unpaired) electrons. The Labute approximate surface area is 194 Å². The lowest BCUT2D eigenvalue weighted by molar-refractivity contribution is 0.0876. The number of fused-ring (bicyclic) bond motifs is 1. The van der Waals surface area contributed by atoms with E-state index in [1.165, 1.54) is 17.0 Å². The van der Waals surface area contributed by atoms with E-state index in [4.69, 9.17) is 21.4 Å². The Balaban J connectivity index is 1.58. The highest BCUT2D eigenvalue weighted by Crippen LogP contribution is 2.20. The zero-order chi connectivity index (χ0) is 24.4. The number of nitrogens with one attached hydrogen (secondary N) is 1. The summed E-state index contributed by atoms with van der Waals surface area (Å²) in [5, 5.41) is 8.68. The first-order chi connectivity index (χ1) is 16.3. The molecule has 9 nitrogen and oxygen atoms in total. The van der Waals surface area contributed by atoms with E-state index in [0.29, 0.717) is 22.7 Å². The molecular formula is C22H17ClF2N4O5. The van der Waals surface area contributed by atoms with Crippen molar-refractivity contribution in [2.45, 2.75) is 19.6 Å². The van der Waals surface area contributed by atoms with Crippen LogP contribution in [-0.2, 0) is 13.2 Å². The van der Waals surface area contributed by atoms with Crippen LogP contribution in [0.25, 0.3) is 11.0 Å². The lowest BCUT2D eigenvalue weighted by Gasteiger charge is -2.11. The summed E-state index contributed by atoms with van der Waals surface area (Å²) in [6.07, 6.45) is 0.967. The second-order valence-electron chi connectivity index (χ2n) is 7.31. The number of imidazole rings is 1. The van der Waals surface area contributed by atoms with Crippen LogP contribution in [0.4, 0.5) is 8.78 Å². The molecule has 0 spiro atoms. The fraction of sp³-hybridized carbons (Fsp3) is 0.182. The van der Waals surface area contributed by atoms with E-state index in [-0.39, 0.29) is 36.0 Å². The summed E-state index contributed by atoms with van der Waals surface area (Å²) in [4.78, 5) is 43.6. The largest absolute Gasteiger partial charge is 0.471 e. The molecule has 0 saturated carbocycles. The number of carbonyl (C=O) groups excluding carboxylic acids is 1. The molecule has 34 heavy (non-hydrogen) atoms. The van der Waals surface area contributed by atoms with Crippen LogP contribution in [0.15, 0.2) is 52.3 Å². The highest BCUT2D eigenvalue weighted by molar-refractivity contribution is 6.31. The maximum atomic E-state index is 13.8. The van der Waals surface area contributed by atoms with Gasteiger partial charge in [-0.25, -0.2) is 23.1 Å². The maximum Gasteiger partial charge on any atom is 0.333 e. The van der Waals surface area contributed by atoms with Crippen molar-refractivity contribution in [3.05, 3.63) is 91.3 Å². The molecule has 4 aromatic rings. The molecule has 0 bridgehead atoms. The highest BCUT2D eigenvalue weighted by atomic mass is 35.5. The van der Waals surface area contributed by atoms with E-state index in [2.05, 4.69) is 9.97 Å². The first kappa shape index (κ1) is 23.3. The van der Waals surface area contributed by atoms with Crippen molar-refractivity contribution < 1.29 is 23.4 Å². The van der Waals surface area contributed by atoms with E-state index in [1.807, 2.05) is 0 Å². The standard InChI is InChI=1S/C22H17ClF2N4O5/c23-19-20(34-10-13-2-3-14(24)8-15(13)25)26-11-28(21(19)32)9-12-1-4-16-17(7-12)29(22(33)27-16)18(31)5-6-30/h1-4,7-8,11,30H,5-6,9-10H2,(H,27,33). The lowest BCUT2D eigenvalue weighted by atomic mass is 10.2. The summed E-state index contributed by atoms with van der Waals surface area (Å²) < 4.78 is 34.3. The highest BCUT2D eigenvalue weighted by Gasteiger charge is 2.16. The molecule has 4 rings (SSSR count). The van der Waals surface area contributed by atoms with Gasteiger partial charge in [0, 0.05) is 11.6 Å². The number of aliphatic hydroxyl groups is 1. The van der Waals surface area contributed by atoms with Gasteiger partial charge >= 0.3 is 5.69 Å². The molecule has 0 aliphatic heterocycles. The smallest absolute Gasteiger partial charge is 0.333 e. The first-order valence-corrected chi connectivity index (χ1v) is 10.4. The van der Waals surface area contributed by atoms with Crippen molar-refractivity contribution in [2.24, 2.45) is 0 Å². The van der Waals surface area contributed by atoms with Gasteiger partial charge in [0.05, 0.1) is 30.6 Å².